The van der Waals surface area contributed by atoms with Gasteiger partial charge in [0.05, 0.1) is 5.52 Å². The molecular formula is C17H15N3O. The molecule has 2 N–H and O–H groups in total. The average molecular weight is 277 g/mol. The zero-order valence-electron chi connectivity index (χ0n) is 11.7. The highest BCUT2D eigenvalue weighted by Crippen LogP contribution is 2.19. The quantitative estimate of drug-likeness (QED) is 0.732. The molecule has 0 aliphatic carbocycles. The van der Waals surface area contributed by atoms with Gasteiger partial charge in [0, 0.05) is 35.6 Å². The predicted octanol–water partition coefficient (Wildman–Crippen LogP) is 3.09. The molecule has 0 saturated carbocycles. The molecule has 0 unspecified atom stereocenters. The minimum atomic E-state index is -0.0643. The van der Waals surface area contributed by atoms with Crippen molar-refractivity contribution in [1.29, 1.82) is 0 Å². The molecule has 0 saturated heterocycles. The fraction of sp³-hybridized carbons (Fsp3) is 0.0588. The molecule has 0 radical (unpaired) electrons. The van der Waals surface area contributed by atoms with Gasteiger partial charge in [-0.15, -0.1) is 0 Å². The number of nitrogens with zero attached hydrogens (tertiary/aromatic N) is 2. The molecule has 3 rings (SSSR count). The molecule has 4 heteroatoms. The zero-order chi connectivity index (χ0) is 14.8. The van der Waals surface area contributed by atoms with Crippen LogP contribution in [0.3, 0.4) is 0 Å². The van der Waals surface area contributed by atoms with Crippen molar-refractivity contribution in [3.8, 4) is 0 Å². The number of nitrogen functional groups attached to an aromatic ring is 1. The highest BCUT2D eigenvalue weighted by atomic mass is 16.2. The summed E-state index contributed by atoms with van der Waals surface area (Å²) in [5.41, 5.74) is 8.66. The van der Waals surface area contributed by atoms with Crippen LogP contribution in [0.1, 0.15) is 10.4 Å². The summed E-state index contributed by atoms with van der Waals surface area (Å²) in [4.78, 5) is 18.4. The Kier molecular flexibility index (Phi) is 3.28. The van der Waals surface area contributed by atoms with Gasteiger partial charge in [-0.1, -0.05) is 6.07 Å². The lowest BCUT2D eigenvalue weighted by Gasteiger charge is -2.17. The number of carbonyl (C=O) groups excluding carboxylic acids is 1. The molecule has 0 aliphatic rings. The van der Waals surface area contributed by atoms with Crippen LogP contribution in [0.25, 0.3) is 10.9 Å². The lowest BCUT2D eigenvalue weighted by atomic mass is 10.1. The molecule has 104 valence electrons. The summed E-state index contributed by atoms with van der Waals surface area (Å²) in [5.74, 6) is -0.0643. The van der Waals surface area contributed by atoms with E-state index in [0.717, 1.165) is 16.6 Å². The summed E-state index contributed by atoms with van der Waals surface area (Å²) in [6, 6.07) is 16.5. The Hall–Kier alpha value is -2.88. The molecule has 0 aliphatic heterocycles. The SMILES string of the molecule is CN(C(=O)c1ccc2ncccc2c1)c1ccc(N)cc1. The first-order chi connectivity index (χ1) is 10.1. The Morgan fingerprint density at radius 2 is 1.86 bits per heavy atom. The van der Waals surface area contributed by atoms with Crippen LogP contribution >= 0.6 is 0 Å². The molecule has 1 amide bonds. The van der Waals surface area contributed by atoms with Crippen LogP contribution < -0.4 is 10.6 Å². The van der Waals surface area contributed by atoms with E-state index in [1.54, 1.807) is 36.3 Å². The van der Waals surface area contributed by atoms with E-state index in [1.165, 1.54) is 0 Å². The van der Waals surface area contributed by atoms with E-state index in [1.807, 2.05) is 36.4 Å². The smallest absolute Gasteiger partial charge is 0.258 e. The summed E-state index contributed by atoms with van der Waals surface area (Å²) >= 11 is 0. The number of nitrogens with two attached hydrogens (primary N) is 1. The van der Waals surface area contributed by atoms with Crippen molar-refractivity contribution in [2.24, 2.45) is 0 Å². The Morgan fingerprint density at radius 3 is 2.62 bits per heavy atom. The van der Waals surface area contributed by atoms with Crippen molar-refractivity contribution in [1.82, 2.24) is 4.98 Å². The Bertz CT molecular complexity index is 796. The maximum Gasteiger partial charge on any atom is 0.258 e. The third-order valence-electron chi connectivity index (χ3n) is 3.43. The van der Waals surface area contributed by atoms with Crippen molar-refractivity contribution < 1.29 is 4.79 Å². The van der Waals surface area contributed by atoms with Gasteiger partial charge in [-0.05, 0) is 48.5 Å². The standard InChI is InChI=1S/C17H15N3O/c1-20(15-7-5-14(18)6-8-15)17(21)13-4-9-16-12(11-13)3-2-10-19-16/h2-11H,18H2,1H3. The van der Waals surface area contributed by atoms with Crippen molar-refractivity contribution >= 4 is 28.2 Å². The maximum atomic E-state index is 12.5. The Morgan fingerprint density at radius 1 is 1.10 bits per heavy atom. The van der Waals surface area contributed by atoms with E-state index in [-0.39, 0.29) is 5.91 Å². The van der Waals surface area contributed by atoms with Gasteiger partial charge < -0.3 is 10.6 Å². The van der Waals surface area contributed by atoms with Crippen LogP contribution in [-0.4, -0.2) is 17.9 Å². The first-order valence-corrected chi connectivity index (χ1v) is 6.63. The normalized spacial score (nSPS) is 10.5. The van der Waals surface area contributed by atoms with Crippen LogP contribution in [0, 0.1) is 0 Å². The maximum absolute atomic E-state index is 12.5. The molecule has 4 nitrogen and oxygen atoms in total. The number of rotatable bonds is 2. The van der Waals surface area contributed by atoms with Crippen molar-refractivity contribution in [2.45, 2.75) is 0 Å². The van der Waals surface area contributed by atoms with E-state index in [4.69, 9.17) is 5.73 Å². The van der Waals surface area contributed by atoms with Gasteiger partial charge in [0.2, 0.25) is 0 Å². The third-order valence-corrected chi connectivity index (χ3v) is 3.43. The van der Waals surface area contributed by atoms with E-state index >= 15 is 0 Å². The number of amides is 1. The van der Waals surface area contributed by atoms with Gasteiger partial charge in [0.25, 0.3) is 5.91 Å². The van der Waals surface area contributed by atoms with Crippen molar-refractivity contribution in [3.63, 3.8) is 0 Å². The average Bonchev–Trinajstić information content (AvgIpc) is 2.54. The lowest BCUT2D eigenvalue weighted by Crippen LogP contribution is -2.26. The summed E-state index contributed by atoms with van der Waals surface area (Å²) in [7, 11) is 1.75. The van der Waals surface area contributed by atoms with Crippen LogP contribution in [0.5, 0.6) is 0 Å². The molecular weight excluding hydrogens is 262 g/mol. The van der Waals surface area contributed by atoms with Gasteiger partial charge in [0.15, 0.2) is 0 Å². The Labute approximate surface area is 122 Å². The molecule has 0 spiro atoms. The van der Waals surface area contributed by atoms with Crippen LogP contribution in [-0.2, 0) is 0 Å². The number of aromatic nitrogens is 1. The van der Waals surface area contributed by atoms with Gasteiger partial charge in [-0.2, -0.15) is 0 Å². The molecule has 0 atom stereocenters. The summed E-state index contributed by atoms with van der Waals surface area (Å²) < 4.78 is 0. The van der Waals surface area contributed by atoms with Gasteiger partial charge in [-0.25, -0.2) is 0 Å². The molecule has 1 aromatic heterocycles. The van der Waals surface area contributed by atoms with E-state index in [0.29, 0.717) is 11.3 Å². The Balaban J connectivity index is 1.94. The number of hydrogen-bond acceptors (Lipinski definition) is 3. The molecule has 21 heavy (non-hydrogen) atoms. The number of pyridine rings is 1. The highest BCUT2D eigenvalue weighted by molar-refractivity contribution is 6.07. The first kappa shape index (κ1) is 13.1. The topological polar surface area (TPSA) is 59.2 Å². The summed E-state index contributed by atoms with van der Waals surface area (Å²) in [6.45, 7) is 0. The third kappa shape index (κ3) is 2.56. The number of carbonyl (C=O) groups is 1. The second-order valence-electron chi connectivity index (χ2n) is 4.87. The van der Waals surface area contributed by atoms with Crippen molar-refractivity contribution in [2.75, 3.05) is 17.7 Å². The van der Waals surface area contributed by atoms with E-state index in [2.05, 4.69) is 4.98 Å². The van der Waals surface area contributed by atoms with Crippen LogP contribution in [0.4, 0.5) is 11.4 Å². The number of anilines is 2. The van der Waals surface area contributed by atoms with Crippen LogP contribution in [0.2, 0.25) is 0 Å². The van der Waals surface area contributed by atoms with Gasteiger partial charge >= 0.3 is 0 Å². The molecule has 3 aromatic rings. The van der Waals surface area contributed by atoms with Gasteiger partial charge in [-0.3, -0.25) is 9.78 Å². The number of benzene rings is 2. The molecule has 2 aromatic carbocycles. The monoisotopic (exact) mass is 277 g/mol. The minimum absolute atomic E-state index is 0.0643. The summed E-state index contributed by atoms with van der Waals surface area (Å²) in [5, 5.41) is 0.953. The number of fused-ring (bicyclic) bond motifs is 1. The first-order valence-electron chi connectivity index (χ1n) is 6.63. The number of hydrogen-bond donors (Lipinski definition) is 1. The van der Waals surface area contributed by atoms with E-state index in [9.17, 15) is 4.79 Å². The zero-order valence-corrected chi connectivity index (χ0v) is 11.7. The fourth-order valence-corrected chi connectivity index (χ4v) is 2.22. The second kappa shape index (κ2) is 5.25. The highest BCUT2D eigenvalue weighted by Gasteiger charge is 2.13. The van der Waals surface area contributed by atoms with E-state index < -0.39 is 0 Å². The molecule has 0 bridgehead atoms. The second-order valence-corrected chi connectivity index (χ2v) is 4.87. The largest absolute Gasteiger partial charge is 0.399 e. The van der Waals surface area contributed by atoms with Crippen molar-refractivity contribution in [3.05, 3.63) is 66.4 Å². The summed E-state index contributed by atoms with van der Waals surface area (Å²) in [6.07, 6.45) is 1.74. The van der Waals surface area contributed by atoms with Crippen LogP contribution in [0.15, 0.2) is 60.8 Å². The fourth-order valence-electron chi connectivity index (χ4n) is 2.22. The predicted molar refractivity (Wildman–Crippen MR) is 85.3 cm³/mol. The molecule has 0 fully saturated rings. The molecule has 1 heterocycles. The van der Waals surface area contributed by atoms with Gasteiger partial charge in [0.1, 0.15) is 0 Å². The lowest BCUT2D eigenvalue weighted by molar-refractivity contribution is 0.0993. The minimum Gasteiger partial charge on any atom is -0.399 e.